The van der Waals surface area contributed by atoms with E-state index in [1.54, 1.807) is 6.92 Å². The normalized spacial score (nSPS) is 25.0. The van der Waals surface area contributed by atoms with Crippen LogP contribution in [0.5, 0.6) is 0 Å². The van der Waals surface area contributed by atoms with E-state index in [2.05, 4.69) is 6.07 Å². The van der Waals surface area contributed by atoms with Crippen LogP contribution in [0.1, 0.15) is 52.4 Å². The van der Waals surface area contributed by atoms with Crippen molar-refractivity contribution in [3.8, 4) is 6.07 Å². The van der Waals surface area contributed by atoms with Crippen molar-refractivity contribution in [3.63, 3.8) is 0 Å². The van der Waals surface area contributed by atoms with Gasteiger partial charge in [-0.3, -0.25) is 0 Å². The summed E-state index contributed by atoms with van der Waals surface area (Å²) in [6, 6.07) is 2.14. The molecule has 1 aliphatic carbocycles. The second-order valence-electron chi connectivity index (χ2n) is 4.92. The fraction of sp³-hybridized carbons (Fsp3) is 0.917. The summed E-state index contributed by atoms with van der Waals surface area (Å²) in [4.78, 5) is 0. The molecule has 0 aromatic heterocycles. The summed E-state index contributed by atoms with van der Waals surface area (Å²) in [6.07, 6.45) is 7.18. The summed E-state index contributed by atoms with van der Waals surface area (Å²) in [6.45, 7) is 3.61. The molecule has 1 N–H and O–H groups in total. The van der Waals surface area contributed by atoms with Crippen molar-refractivity contribution in [1.82, 2.24) is 0 Å². The maximum absolute atomic E-state index is 10.1. The maximum Gasteiger partial charge on any atom is 0.0777 e. The molecular formula is C12H21NO. The van der Waals surface area contributed by atoms with Crippen LogP contribution in [0.25, 0.3) is 0 Å². The highest BCUT2D eigenvalue weighted by molar-refractivity contribution is 4.94. The Morgan fingerprint density at radius 2 is 2.00 bits per heavy atom. The molecule has 2 heteroatoms. The largest absolute Gasteiger partial charge is 0.389 e. The standard InChI is InChI=1S/C12H21NO/c1-10(9-13)12(2,14)8-11-6-4-3-5-7-11/h10-11,14H,3-8H2,1-2H3. The summed E-state index contributed by atoms with van der Waals surface area (Å²) >= 11 is 0. The summed E-state index contributed by atoms with van der Waals surface area (Å²) < 4.78 is 0. The van der Waals surface area contributed by atoms with Gasteiger partial charge in [0.2, 0.25) is 0 Å². The molecule has 80 valence electrons. The van der Waals surface area contributed by atoms with Gasteiger partial charge in [-0.1, -0.05) is 32.1 Å². The van der Waals surface area contributed by atoms with Crippen LogP contribution in [0.3, 0.4) is 0 Å². The lowest BCUT2D eigenvalue weighted by Crippen LogP contribution is -2.34. The van der Waals surface area contributed by atoms with E-state index in [9.17, 15) is 5.11 Å². The van der Waals surface area contributed by atoms with Gasteiger partial charge in [0.15, 0.2) is 0 Å². The van der Waals surface area contributed by atoms with Crippen molar-refractivity contribution in [2.75, 3.05) is 0 Å². The smallest absolute Gasteiger partial charge is 0.0777 e. The molecule has 2 unspecified atom stereocenters. The highest BCUT2D eigenvalue weighted by Crippen LogP contribution is 2.33. The molecule has 0 saturated heterocycles. The molecular weight excluding hydrogens is 174 g/mol. The molecule has 0 aromatic rings. The van der Waals surface area contributed by atoms with Crippen LogP contribution in [-0.2, 0) is 0 Å². The Morgan fingerprint density at radius 1 is 1.43 bits per heavy atom. The summed E-state index contributed by atoms with van der Waals surface area (Å²) in [5, 5.41) is 18.9. The van der Waals surface area contributed by atoms with Gasteiger partial charge < -0.3 is 5.11 Å². The second-order valence-corrected chi connectivity index (χ2v) is 4.92. The average Bonchev–Trinajstić information content (AvgIpc) is 2.17. The molecule has 1 aliphatic rings. The van der Waals surface area contributed by atoms with Crippen LogP contribution in [0.2, 0.25) is 0 Å². The molecule has 0 spiro atoms. The number of hydrogen-bond acceptors (Lipinski definition) is 2. The van der Waals surface area contributed by atoms with Crippen molar-refractivity contribution < 1.29 is 5.11 Å². The molecule has 0 bridgehead atoms. The van der Waals surface area contributed by atoms with Gasteiger partial charge in [-0.25, -0.2) is 0 Å². The average molecular weight is 195 g/mol. The lowest BCUT2D eigenvalue weighted by atomic mass is 9.77. The van der Waals surface area contributed by atoms with Gasteiger partial charge in [0.25, 0.3) is 0 Å². The third-order valence-electron chi connectivity index (χ3n) is 3.55. The molecule has 0 radical (unpaired) electrons. The van der Waals surface area contributed by atoms with Crippen LogP contribution >= 0.6 is 0 Å². The molecule has 1 fully saturated rings. The fourth-order valence-corrected chi connectivity index (χ4v) is 2.29. The molecule has 1 rings (SSSR count). The van der Waals surface area contributed by atoms with E-state index < -0.39 is 5.60 Å². The van der Waals surface area contributed by atoms with Crippen LogP contribution < -0.4 is 0 Å². The minimum absolute atomic E-state index is 0.260. The molecule has 14 heavy (non-hydrogen) atoms. The van der Waals surface area contributed by atoms with Gasteiger partial charge in [-0.05, 0) is 26.2 Å². The third-order valence-corrected chi connectivity index (χ3v) is 3.55. The minimum Gasteiger partial charge on any atom is -0.389 e. The molecule has 2 atom stereocenters. The highest BCUT2D eigenvalue weighted by atomic mass is 16.3. The van der Waals surface area contributed by atoms with E-state index in [-0.39, 0.29) is 5.92 Å². The molecule has 0 aromatic carbocycles. The van der Waals surface area contributed by atoms with Crippen LogP contribution in [0.4, 0.5) is 0 Å². The Balaban J connectivity index is 2.45. The van der Waals surface area contributed by atoms with Gasteiger partial charge >= 0.3 is 0 Å². The van der Waals surface area contributed by atoms with Crippen molar-refractivity contribution in [2.45, 2.75) is 58.0 Å². The Hall–Kier alpha value is -0.550. The van der Waals surface area contributed by atoms with E-state index in [0.717, 1.165) is 6.42 Å². The Morgan fingerprint density at radius 3 is 2.50 bits per heavy atom. The number of aliphatic hydroxyl groups is 1. The first kappa shape index (κ1) is 11.5. The second kappa shape index (κ2) is 4.79. The first-order chi connectivity index (χ1) is 6.56. The number of nitrogens with zero attached hydrogens (tertiary/aromatic N) is 1. The van der Waals surface area contributed by atoms with Crippen LogP contribution in [0, 0.1) is 23.2 Å². The van der Waals surface area contributed by atoms with Gasteiger partial charge in [0.05, 0.1) is 17.6 Å². The van der Waals surface area contributed by atoms with Gasteiger partial charge in [0.1, 0.15) is 0 Å². The monoisotopic (exact) mass is 195 g/mol. The maximum atomic E-state index is 10.1. The van der Waals surface area contributed by atoms with Crippen molar-refractivity contribution in [2.24, 2.45) is 11.8 Å². The first-order valence-corrected chi connectivity index (χ1v) is 5.68. The Kier molecular flexibility index (Phi) is 3.95. The zero-order chi connectivity index (χ0) is 10.6. The molecule has 0 amide bonds. The van der Waals surface area contributed by atoms with E-state index in [4.69, 9.17) is 5.26 Å². The molecule has 0 aliphatic heterocycles. The van der Waals surface area contributed by atoms with E-state index >= 15 is 0 Å². The van der Waals surface area contributed by atoms with Crippen molar-refractivity contribution in [1.29, 1.82) is 5.26 Å². The van der Waals surface area contributed by atoms with Gasteiger partial charge in [0, 0.05) is 0 Å². The summed E-state index contributed by atoms with van der Waals surface area (Å²) in [7, 11) is 0. The van der Waals surface area contributed by atoms with E-state index in [1.807, 2.05) is 6.92 Å². The zero-order valence-electron chi connectivity index (χ0n) is 9.29. The zero-order valence-corrected chi connectivity index (χ0v) is 9.29. The lowest BCUT2D eigenvalue weighted by Gasteiger charge is -2.32. The molecule has 2 nitrogen and oxygen atoms in total. The van der Waals surface area contributed by atoms with Crippen molar-refractivity contribution >= 4 is 0 Å². The third kappa shape index (κ3) is 2.99. The highest BCUT2D eigenvalue weighted by Gasteiger charge is 2.31. The summed E-state index contributed by atoms with van der Waals surface area (Å²) in [5.74, 6) is 0.374. The van der Waals surface area contributed by atoms with Crippen LogP contribution in [0.15, 0.2) is 0 Å². The van der Waals surface area contributed by atoms with Crippen molar-refractivity contribution in [3.05, 3.63) is 0 Å². The van der Waals surface area contributed by atoms with E-state index in [1.165, 1.54) is 32.1 Å². The Labute approximate surface area is 86.9 Å². The van der Waals surface area contributed by atoms with Gasteiger partial charge in [-0.15, -0.1) is 0 Å². The quantitative estimate of drug-likeness (QED) is 0.752. The number of rotatable bonds is 3. The Bertz CT molecular complexity index is 211. The first-order valence-electron chi connectivity index (χ1n) is 5.68. The lowest BCUT2D eigenvalue weighted by molar-refractivity contribution is -0.00155. The fourth-order valence-electron chi connectivity index (χ4n) is 2.29. The predicted octanol–water partition coefficient (Wildman–Crippen LogP) is 2.87. The number of hydrogen-bond donors (Lipinski definition) is 1. The minimum atomic E-state index is -0.795. The van der Waals surface area contributed by atoms with E-state index in [0.29, 0.717) is 5.92 Å². The SMILES string of the molecule is CC(C#N)C(C)(O)CC1CCCCC1. The molecule has 0 heterocycles. The summed E-state index contributed by atoms with van der Waals surface area (Å²) in [5.41, 5.74) is -0.795. The topological polar surface area (TPSA) is 44.0 Å². The van der Waals surface area contributed by atoms with Crippen LogP contribution in [-0.4, -0.2) is 10.7 Å². The number of nitriles is 1. The molecule has 1 saturated carbocycles. The van der Waals surface area contributed by atoms with Gasteiger partial charge in [-0.2, -0.15) is 5.26 Å². The predicted molar refractivity (Wildman–Crippen MR) is 56.6 cm³/mol.